The number of halogens is 1. The molecule has 0 aliphatic rings. The van der Waals surface area contributed by atoms with Crippen LogP contribution in [-0.4, -0.2) is 40.2 Å². The molecule has 0 saturated heterocycles. The summed E-state index contributed by atoms with van der Waals surface area (Å²) in [5.41, 5.74) is 2.07. The van der Waals surface area contributed by atoms with Gasteiger partial charge >= 0.3 is 0 Å². The van der Waals surface area contributed by atoms with Crippen molar-refractivity contribution in [1.29, 1.82) is 0 Å². The van der Waals surface area contributed by atoms with E-state index in [1.54, 1.807) is 23.0 Å². The number of benzene rings is 1. The van der Waals surface area contributed by atoms with Gasteiger partial charge < -0.3 is 5.32 Å². The van der Waals surface area contributed by atoms with E-state index in [-0.39, 0.29) is 17.8 Å². The third-order valence-electron chi connectivity index (χ3n) is 3.86. The van der Waals surface area contributed by atoms with Gasteiger partial charge in [-0.15, -0.1) is 0 Å². The maximum atomic E-state index is 12.8. The monoisotopic (exact) mass is 318 g/mol. The van der Waals surface area contributed by atoms with Crippen molar-refractivity contribution in [1.82, 2.24) is 20.0 Å². The van der Waals surface area contributed by atoms with Crippen molar-refractivity contribution in [2.75, 3.05) is 13.6 Å². The second kappa shape index (κ2) is 7.87. The number of hydrogen-bond acceptors (Lipinski definition) is 3. The van der Waals surface area contributed by atoms with Gasteiger partial charge in [-0.2, -0.15) is 5.10 Å². The molecule has 1 aromatic carbocycles. The van der Waals surface area contributed by atoms with Gasteiger partial charge in [0.25, 0.3) is 0 Å². The summed E-state index contributed by atoms with van der Waals surface area (Å²) in [6.07, 6.45) is 4.43. The summed E-state index contributed by atoms with van der Waals surface area (Å²) in [6.45, 7) is 3.08. The summed E-state index contributed by atoms with van der Waals surface area (Å²) >= 11 is 0. The van der Waals surface area contributed by atoms with Crippen LogP contribution in [0.2, 0.25) is 0 Å². The zero-order valence-electron chi connectivity index (χ0n) is 13.8. The van der Waals surface area contributed by atoms with E-state index in [9.17, 15) is 9.18 Å². The predicted octanol–water partition coefficient (Wildman–Crippen LogP) is 1.74. The average molecular weight is 318 g/mol. The van der Waals surface area contributed by atoms with E-state index in [1.807, 2.05) is 32.1 Å². The first-order valence-corrected chi connectivity index (χ1v) is 7.65. The lowest BCUT2D eigenvalue weighted by Crippen LogP contribution is -2.43. The highest BCUT2D eigenvalue weighted by Gasteiger charge is 2.18. The maximum Gasteiger partial charge on any atom is 0.237 e. The van der Waals surface area contributed by atoms with E-state index < -0.39 is 0 Å². The molecule has 6 heteroatoms. The van der Waals surface area contributed by atoms with E-state index >= 15 is 0 Å². The number of nitrogens with one attached hydrogen (secondary N) is 1. The van der Waals surface area contributed by atoms with Crippen molar-refractivity contribution >= 4 is 5.91 Å². The van der Waals surface area contributed by atoms with Crippen LogP contribution >= 0.6 is 0 Å². The number of likely N-dealkylation sites (N-methyl/N-ethyl adjacent to an activating group) is 1. The average Bonchev–Trinajstić information content (AvgIpc) is 2.93. The summed E-state index contributed by atoms with van der Waals surface area (Å²) in [5.74, 6) is -0.262. The second-order valence-corrected chi connectivity index (χ2v) is 5.78. The third-order valence-corrected chi connectivity index (χ3v) is 3.86. The van der Waals surface area contributed by atoms with Gasteiger partial charge in [0.15, 0.2) is 0 Å². The molecule has 23 heavy (non-hydrogen) atoms. The van der Waals surface area contributed by atoms with Gasteiger partial charge in [-0.3, -0.25) is 14.4 Å². The minimum atomic E-state index is -0.247. The predicted molar refractivity (Wildman–Crippen MR) is 87.3 cm³/mol. The van der Waals surface area contributed by atoms with Crippen molar-refractivity contribution in [3.8, 4) is 0 Å². The molecule has 1 amide bonds. The molecule has 1 aromatic heterocycles. The third kappa shape index (κ3) is 5.17. The highest BCUT2D eigenvalue weighted by molar-refractivity contribution is 5.81. The molecular formula is C17H23FN4O. The normalized spacial score (nSPS) is 12.4. The summed E-state index contributed by atoms with van der Waals surface area (Å²) in [5, 5.41) is 7.05. The topological polar surface area (TPSA) is 50.2 Å². The number of aromatic nitrogens is 2. The van der Waals surface area contributed by atoms with Crippen LogP contribution in [0.4, 0.5) is 4.39 Å². The highest BCUT2D eigenvalue weighted by Crippen LogP contribution is 2.06. The molecule has 2 rings (SSSR count). The summed E-state index contributed by atoms with van der Waals surface area (Å²) < 4.78 is 14.6. The number of amides is 1. The number of aryl methyl sites for hydroxylation is 1. The Labute approximate surface area is 136 Å². The van der Waals surface area contributed by atoms with E-state index in [0.29, 0.717) is 19.5 Å². The van der Waals surface area contributed by atoms with Gasteiger partial charge in [-0.25, -0.2) is 4.39 Å². The van der Waals surface area contributed by atoms with E-state index in [1.165, 1.54) is 12.1 Å². The van der Waals surface area contributed by atoms with E-state index in [4.69, 9.17) is 0 Å². The molecule has 1 N–H and O–H groups in total. The number of nitrogens with zero attached hydrogens (tertiary/aromatic N) is 3. The van der Waals surface area contributed by atoms with Crippen LogP contribution in [0.25, 0.3) is 0 Å². The molecule has 2 aromatic rings. The lowest BCUT2D eigenvalue weighted by molar-refractivity contribution is -0.125. The molecule has 0 fully saturated rings. The molecule has 0 aliphatic carbocycles. The molecule has 0 aliphatic heterocycles. The van der Waals surface area contributed by atoms with Crippen LogP contribution in [0, 0.1) is 5.82 Å². The first-order chi connectivity index (χ1) is 11.0. The van der Waals surface area contributed by atoms with E-state index in [2.05, 4.69) is 10.4 Å². The SMILES string of the molecule is CC(C(=O)NCCc1ccc(F)cc1)N(C)Cc1cnn(C)c1. The summed E-state index contributed by atoms with van der Waals surface area (Å²) in [7, 11) is 3.78. The number of rotatable bonds is 7. The van der Waals surface area contributed by atoms with Gasteiger partial charge in [-0.1, -0.05) is 12.1 Å². The van der Waals surface area contributed by atoms with Gasteiger partial charge in [0.2, 0.25) is 5.91 Å². The fourth-order valence-electron chi connectivity index (χ4n) is 2.31. The Kier molecular flexibility index (Phi) is 5.87. The van der Waals surface area contributed by atoms with Gasteiger partial charge in [-0.05, 0) is 38.1 Å². The molecule has 5 nitrogen and oxygen atoms in total. The molecule has 0 radical (unpaired) electrons. The molecule has 124 valence electrons. The van der Waals surface area contributed by atoms with Crippen LogP contribution in [-0.2, 0) is 24.8 Å². The first-order valence-electron chi connectivity index (χ1n) is 7.65. The lowest BCUT2D eigenvalue weighted by Gasteiger charge is -2.23. The molecule has 0 bridgehead atoms. The van der Waals surface area contributed by atoms with Gasteiger partial charge in [0, 0.05) is 31.9 Å². The fourth-order valence-corrected chi connectivity index (χ4v) is 2.31. The Balaban J connectivity index is 1.76. The van der Waals surface area contributed by atoms with Gasteiger partial charge in [0.1, 0.15) is 5.82 Å². The Bertz CT molecular complexity index is 638. The zero-order chi connectivity index (χ0) is 16.8. The molecule has 1 unspecified atom stereocenters. The molecular weight excluding hydrogens is 295 g/mol. The molecule has 1 atom stereocenters. The second-order valence-electron chi connectivity index (χ2n) is 5.78. The van der Waals surface area contributed by atoms with Crippen molar-refractivity contribution in [2.24, 2.45) is 7.05 Å². The number of carbonyl (C=O) groups is 1. The Morgan fingerprint density at radius 2 is 2.04 bits per heavy atom. The number of hydrogen-bond donors (Lipinski definition) is 1. The highest BCUT2D eigenvalue weighted by atomic mass is 19.1. The Morgan fingerprint density at radius 3 is 2.65 bits per heavy atom. The maximum absolute atomic E-state index is 12.8. The zero-order valence-corrected chi connectivity index (χ0v) is 13.8. The summed E-state index contributed by atoms with van der Waals surface area (Å²) in [4.78, 5) is 14.2. The van der Waals surface area contributed by atoms with Crippen LogP contribution in [0.5, 0.6) is 0 Å². The first kappa shape index (κ1) is 17.1. The van der Waals surface area contributed by atoms with Crippen molar-refractivity contribution in [2.45, 2.75) is 25.9 Å². The molecule has 0 spiro atoms. The van der Waals surface area contributed by atoms with Crippen molar-refractivity contribution in [3.05, 3.63) is 53.6 Å². The Hall–Kier alpha value is -2.21. The standard InChI is InChI=1S/C17H23FN4O/c1-13(21(2)11-15-10-20-22(3)12-15)17(23)19-9-8-14-4-6-16(18)7-5-14/h4-7,10,12-13H,8-9,11H2,1-3H3,(H,19,23). The summed E-state index contributed by atoms with van der Waals surface area (Å²) in [6, 6.07) is 6.10. The Morgan fingerprint density at radius 1 is 1.35 bits per heavy atom. The fraction of sp³-hybridized carbons (Fsp3) is 0.412. The number of carbonyl (C=O) groups excluding carboxylic acids is 1. The van der Waals surface area contributed by atoms with E-state index in [0.717, 1.165) is 11.1 Å². The smallest absolute Gasteiger partial charge is 0.237 e. The van der Waals surface area contributed by atoms with Crippen LogP contribution in [0.3, 0.4) is 0 Å². The minimum absolute atomic E-state index is 0.0153. The van der Waals surface area contributed by atoms with Crippen molar-refractivity contribution in [3.63, 3.8) is 0 Å². The minimum Gasteiger partial charge on any atom is -0.354 e. The lowest BCUT2D eigenvalue weighted by atomic mass is 10.1. The largest absolute Gasteiger partial charge is 0.354 e. The van der Waals surface area contributed by atoms with Crippen LogP contribution in [0.15, 0.2) is 36.7 Å². The van der Waals surface area contributed by atoms with Crippen LogP contribution < -0.4 is 5.32 Å². The van der Waals surface area contributed by atoms with Crippen molar-refractivity contribution < 1.29 is 9.18 Å². The van der Waals surface area contributed by atoms with Crippen LogP contribution in [0.1, 0.15) is 18.1 Å². The molecule has 1 heterocycles. The quantitative estimate of drug-likeness (QED) is 0.846. The molecule has 0 saturated carbocycles. The van der Waals surface area contributed by atoms with Gasteiger partial charge in [0.05, 0.1) is 12.2 Å².